The van der Waals surface area contributed by atoms with Gasteiger partial charge in [-0.3, -0.25) is 9.69 Å². The topological polar surface area (TPSA) is 62.8 Å². The Morgan fingerprint density at radius 1 is 1.43 bits per heavy atom. The highest BCUT2D eigenvalue weighted by molar-refractivity contribution is 5.83. The van der Waals surface area contributed by atoms with Crippen LogP contribution in [0.15, 0.2) is 0 Å². The minimum absolute atomic E-state index is 0.0558. The number of amides is 1. The van der Waals surface area contributed by atoms with E-state index in [-0.39, 0.29) is 11.4 Å². The molecule has 2 aliphatic heterocycles. The largest absolute Gasteiger partial charge is 0.384 e. The summed E-state index contributed by atoms with van der Waals surface area (Å²) in [4.78, 5) is 15.0. The Balaban J connectivity index is 1.89. The average Bonchev–Trinajstić information content (AvgIpc) is 2.96. The molecule has 0 aromatic rings. The molecule has 1 atom stereocenters. The summed E-state index contributed by atoms with van der Waals surface area (Å²) in [7, 11) is 1.66. The van der Waals surface area contributed by atoms with E-state index in [4.69, 9.17) is 9.47 Å². The molecule has 6 nitrogen and oxygen atoms in total. The summed E-state index contributed by atoms with van der Waals surface area (Å²) in [5, 5.41) is 6.42. The molecule has 2 aliphatic rings. The van der Waals surface area contributed by atoms with E-state index in [9.17, 15) is 4.79 Å². The molecule has 0 saturated carbocycles. The van der Waals surface area contributed by atoms with Gasteiger partial charge in [0.25, 0.3) is 0 Å². The summed E-state index contributed by atoms with van der Waals surface area (Å²) in [6.45, 7) is 10.4. The summed E-state index contributed by atoms with van der Waals surface area (Å²) < 4.78 is 10.7. The van der Waals surface area contributed by atoms with Crippen molar-refractivity contribution in [3.63, 3.8) is 0 Å². The van der Waals surface area contributed by atoms with Crippen LogP contribution in [0.1, 0.15) is 20.3 Å². The molecule has 1 amide bonds. The molecule has 2 fully saturated rings. The van der Waals surface area contributed by atoms with Crippen molar-refractivity contribution in [2.45, 2.75) is 25.8 Å². The molecule has 0 spiro atoms. The van der Waals surface area contributed by atoms with E-state index in [0.29, 0.717) is 19.7 Å². The maximum absolute atomic E-state index is 12.6. The first-order valence-corrected chi connectivity index (χ1v) is 7.81. The van der Waals surface area contributed by atoms with Gasteiger partial charge in [0.15, 0.2) is 0 Å². The number of carbonyl (C=O) groups excluding carboxylic acids is 1. The van der Waals surface area contributed by atoms with Gasteiger partial charge in [0.2, 0.25) is 5.91 Å². The number of nitrogens with zero attached hydrogens (tertiary/aromatic N) is 1. The molecule has 0 bridgehead atoms. The van der Waals surface area contributed by atoms with E-state index in [1.165, 1.54) is 0 Å². The fraction of sp³-hybridized carbons (Fsp3) is 0.933. The van der Waals surface area contributed by atoms with Crippen LogP contribution in [0, 0.1) is 5.41 Å². The van der Waals surface area contributed by atoms with E-state index < -0.39 is 5.41 Å². The normalized spacial score (nSPS) is 27.8. The van der Waals surface area contributed by atoms with Crippen molar-refractivity contribution in [2.24, 2.45) is 5.41 Å². The van der Waals surface area contributed by atoms with Gasteiger partial charge in [0, 0.05) is 38.8 Å². The zero-order valence-corrected chi connectivity index (χ0v) is 13.5. The van der Waals surface area contributed by atoms with Crippen molar-refractivity contribution in [2.75, 3.05) is 59.7 Å². The van der Waals surface area contributed by atoms with Crippen LogP contribution in [0.25, 0.3) is 0 Å². The minimum Gasteiger partial charge on any atom is -0.384 e. The van der Waals surface area contributed by atoms with Gasteiger partial charge in [-0.15, -0.1) is 0 Å². The van der Waals surface area contributed by atoms with Crippen molar-refractivity contribution in [1.29, 1.82) is 0 Å². The Morgan fingerprint density at radius 2 is 2.14 bits per heavy atom. The Bertz CT molecular complexity index is 348. The van der Waals surface area contributed by atoms with Gasteiger partial charge in [-0.25, -0.2) is 0 Å². The molecule has 21 heavy (non-hydrogen) atoms. The van der Waals surface area contributed by atoms with Crippen molar-refractivity contribution < 1.29 is 14.3 Å². The number of nitrogens with one attached hydrogen (secondary N) is 2. The highest BCUT2D eigenvalue weighted by Gasteiger charge is 2.42. The van der Waals surface area contributed by atoms with Crippen molar-refractivity contribution in [3.8, 4) is 0 Å². The van der Waals surface area contributed by atoms with E-state index in [1.54, 1.807) is 7.11 Å². The summed E-state index contributed by atoms with van der Waals surface area (Å²) in [5.41, 5.74) is -0.463. The molecule has 2 rings (SSSR count). The molecule has 6 heteroatoms. The van der Waals surface area contributed by atoms with Crippen LogP contribution in [0.5, 0.6) is 0 Å². The summed E-state index contributed by atoms with van der Waals surface area (Å²) in [6.07, 6.45) is 0.838. The van der Waals surface area contributed by atoms with Gasteiger partial charge in [-0.1, -0.05) is 0 Å². The molecular weight excluding hydrogens is 270 g/mol. The highest BCUT2D eigenvalue weighted by Crippen LogP contribution is 2.26. The lowest BCUT2D eigenvalue weighted by molar-refractivity contribution is -0.133. The highest BCUT2D eigenvalue weighted by atomic mass is 16.5. The Hall–Kier alpha value is -0.690. The van der Waals surface area contributed by atoms with E-state index in [1.807, 2.05) is 0 Å². The SMILES string of the molecule is COCC1(C(=O)NCC(C)(C)N2CCOCC2)CCNC1. The summed E-state index contributed by atoms with van der Waals surface area (Å²) in [6, 6.07) is 0. The second-order valence-electron chi connectivity index (χ2n) is 6.73. The second-order valence-corrected chi connectivity index (χ2v) is 6.73. The smallest absolute Gasteiger partial charge is 0.229 e. The fourth-order valence-corrected chi connectivity index (χ4v) is 3.17. The lowest BCUT2D eigenvalue weighted by atomic mass is 9.86. The third-order valence-corrected chi connectivity index (χ3v) is 4.69. The summed E-state index contributed by atoms with van der Waals surface area (Å²) >= 11 is 0. The maximum atomic E-state index is 12.6. The first-order valence-electron chi connectivity index (χ1n) is 7.81. The van der Waals surface area contributed by atoms with Crippen molar-refractivity contribution >= 4 is 5.91 Å². The number of carbonyl (C=O) groups is 1. The third-order valence-electron chi connectivity index (χ3n) is 4.69. The lowest BCUT2D eigenvalue weighted by Gasteiger charge is -2.41. The number of ether oxygens (including phenoxy) is 2. The van der Waals surface area contributed by atoms with Crippen LogP contribution < -0.4 is 10.6 Å². The molecule has 0 radical (unpaired) electrons. The molecule has 2 heterocycles. The van der Waals surface area contributed by atoms with Gasteiger partial charge < -0.3 is 20.1 Å². The zero-order chi connectivity index (χ0) is 15.3. The second kappa shape index (κ2) is 7.05. The molecule has 0 aliphatic carbocycles. The van der Waals surface area contributed by atoms with Crippen LogP contribution in [0.2, 0.25) is 0 Å². The van der Waals surface area contributed by atoms with E-state index >= 15 is 0 Å². The first kappa shape index (κ1) is 16.7. The number of hydrogen-bond acceptors (Lipinski definition) is 5. The quantitative estimate of drug-likeness (QED) is 0.713. The number of methoxy groups -OCH3 is 1. The molecule has 0 aromatic heterocycles. The number of morpholine rings is 1. The molecule has 122 valence electrons. The van der Waals surface area contributed by atoms with Crippen molar-refractivity contribution in [3.05, 3.63) is 0 Å². The van der Waals surface area contributed by atoms with Gasteiger partial charge >= 0.3 is 0 Å². The van der Waals surface area contributed by atoms with Crippen LogP contribution >= 0.6 is 0 Å². The average molecular weight is 299 g/mol. The van der Waals surface area contributed by atoms with Gasteiger partial charge in [0.05, 0.1) is 25.2 Å². The predicted molar refractivity (Wildman–Crippen MR) is 81.3 cm³/mol. The minimum atomic E-state index is -0.407. The molecule has 2 N–H and O–H groups in total. The van der Waals surface area contributed by atoms with Crippen LogP contribution in [0.3, 0.4) is 0 Å². The van der Waals surface area contributed by atoms with Crippen molar-refractivity contribution in [1.82, 2.24) is 15.5 Å². The van der Waals surface area contributed by atoms with Crippen LogP contribution in [-0.2, 0) is 14.3 Å². The molecule has 0 aromatic carbocycles. The zero-order valence-electron chi connectivity index (χ0n) is 13.5. The van der Waals surface area contributed by atoms with Crippen LogP contribution in [-0.4, -0.2) is 76.0 Å². The van der Waals surface area contributed by atoms with E-state index in [0.717, 1.165) is 39.3 Å². The maximum Gasteiger partial charge on any atom is 0.229 e. The molecule has 1 unspecified atom stereocenters. The Kier molecular flexibility index (Phi) is 5.60. The molecule has 2 saturated heterocycles. The summed E-state index contributed by atoms with van der Waals surface area (Å²) in [5.74, 6) is 0.107. The predicted octanol–water partition coefficient (Wildman–Crippen LogP) is -0.160. The Labute approximate surface area is 127 Å². The Morgan fingerprint density at radius 3 is 2.71 bits per heavy atom. The number of rotatable bonds is 6. The van der Waals surface area contributed by atoms with Crippen LogP contribution in [0.4, 0.5) is 0 Å². The first-order chi connectivity index (χ1) is 10.0. The third kappa shape index (κ3) is 3.94. The fourth-order valence-electron chi connectivity index (χ4n) is 3.17. The standard InChI is InChI=1S/C15H29N3O3/c1-14(2,18-6-8-21-9-7-18)10-17-13(19)15(12-20-3)4-5-16-11-15/h16H,4-12H2,1-3H3,(H,17,19). The van der Waals surface area contributed by atoms with Gasteiger partial charge in [-0.05, 0) is 26.8 Å². The lowest BCUT2D eigenvalue weighted by Crippen LogP contribution is -2.57. The van der Waals surface area contributed by atoms with Gasteiger partial charge in [0.1, 0.15) is 0 Å². The number of hydrogen-bond donors (Lipinski definition) is 2. The van der Waals surface area contributed by atoms with E-state index in [2.05, 4.69) is 29.4 Å². The molecular formula is C15H29N3O3. The monoisotopic (exact) mass is 299 g/mol. The van der Waals surface area contributed by atoms with Gasteiger partial charge in [-0.2, -0.15) is 0 Å².